The van der Waals surface area contributed by atoms with E-state index in [1.165, 1.54) is 0 Å². The summed E-state index contributed by atoms with van der Waals surface area (Å²) in [5.41, 5.74) is 3.52. The molecule has 0 unspecified atom stereocenters. The highest BCUT2D eigenvalue weighted by molar-refractivity contribution is 5.83. The van der Waals surface area contributed by atoms with Crippen molar-refractivity contribution in [3.05, 3.63) is 48.0 Å². The Morgan fingerprint density at radius 2 is 2.07 bits per heavy atom. The molecule has 27 heavy (non-hydrogen) atoms. The highest BCUT2D eigenvalue weighted by Crippen LogP contribution is 2.22. The lowest BCUT2D eigenvalue weighted by atomic mass is 10.2. The van der Waals surface area contributed by atoms with Crippen molar-refractivity contribution in [1.82, 2.24) is 24.2 Å². The number of amides is 1. The van der Waals surface area contributed by atoms with Crippen LogP contribution in [-0.2, 0) is 29.1 Å². The highest BCUT2D eigenvalue weighted by Gasteiger charge is 2.27. The summed E-state index contributed by atoms with van der Waals surface area (Å²) in [7, 11) is 0. The van der Waals surface area contributed by atoms with Crippen LogP contribution < -0.4 is 0 Å². The van der Waals surface area contributed by atoms with Gasteiger partial charge in [0.15, 0.2) is 0 Å². The minimum Gasteiger partial charge on any atom is -0.481 e. The first kappa shape index (κ1) is 17.3. The minimum atomic E-state index is -0.834. The van der Waals surface area contributed by atoms with Gasteiger partial charge in [-0.3, -0.25) is 14.3 Å². The molecule has 8 heteroatoms. The summed E-state index contributed by atoms with van der Waals surface area (Å²) in [6.07, 6.45) is 2.18. The van der Waals surface area contributed by atoms with Gasteiger partial charge in [-0.05, 0) is 25.1 Å². The van der Waals surface area contributed by atoms with Crippen LogP contribution in [0.25, 0.3) is 11.0 Å². The zero-order chi connectivity index (χ0) is 19.0. The predicted octanol–water partition coefficient (Wildman–Crippen LogP) is 1.85. The van der Waals surface area contributed by atoms with Crippen molar-refractivity contribution in [3.63, 3.8) is 0 Å². The number of carboxylic acid groups (broad SMARTS) is 1. The van der Waals surface area contributed by atoms with Crippen molar-refractivity contribution < 1.29 is 14.7 Å². The fourth-order valence-corrected chi connectivity index (χ4v) is 3.54. The van der Waals surface area contributed by atoms with Gasteiger partial charge in [0.2, 0.25) is 5.91 Å². The molecule has 0 saturated heterocycles. The van der Waals surface area contributed by atoms with E-state index in [2.05, 4.69) is 10.1 Å². The summed E-state index contributed by atoms with van der Waals surface area (Å²) in [6.45, 7) is 3.57. The van der Waals surface area contributed by atoms with Crippen LogP contribution >= 0.6 is 0 Å². The Bertz CT molecular complexity index is 1010. The van der Waals surface area contributed by atoms with E-state index < -0.39 is 5.97 Å². The average Bonchev–Trinajstić information content (AvgIpc) is 3.28. The lowest BCUT2D eigenvalue weighted by Gasteiger charge is -2.30. The molecule has 1 aliphatic heterocycles. The molecule has 1 aromatic carbocycles. The van der Waals surface area contributed by atoms with Crippen molar-refractivity contribution in [2.45, 2.75) is 38.9 Å². The van der Waals surface area contributed by atoms with Gasteiger partial charge >= 0.3 is 5.97 Å². The molecule has 1 atom stereocenters. The van der Waals surface area contributed by atoms with Gasteiger partial charge in [0.1, 0.15) is 6.04 Å². The molecule has 0 aliphatic carbocycles. The Balaban J connectivity index is 1.49. The molecule has 3 aromatic rings. The molecule has 8 nitrogen and oxygen atoms in total. The number of nitrogens with zero attached hydrogens (tertiary/aromatic N) is 5. The van der Waals surface area contributed by atoms with Crippen LogP contribution in [-0.4, -0.2) is 47.8 Å². The Kier molecular flexibility index (Phi) is 4.39. The van der Waals surface area contributed by atoms with Crippen LogP contribution in [0.5, 0.6) is 0 Å². The number of aliphatic carboxylic acids is 1. The van der Waals surface area contributed by atoms with Crippen LogP contribution in [0.2, 0.25) is 0 Å². The second kappa shape index (κ2) is 6.86. The van der Waals surface area contributed by atoms with Crippen LogP contribution in [0.3, 0.4) is 0 Å². The first-order valence-corrected chi connectivity index (χ1v) is 9.00. The van der Waals surface area contributed by atoms with Crippen molar-refractivity contribution in [2.24, 2.45) is 0 Å². The zero-order valence-corrected chi connectivity index (χ0v) is 15.1. The number of carbonyl (C=O) groups is 2. The molecule has 2 aromatic heterocycles. The summed E-state index contributed by atoms with van der Waals surface area (Å²) in [5, 5.41) is 13.3. The molecular formula is C19H21N5O3. The fraction of sp³-hybridized carbons (Fsp3) is 0.368. The molecular weight excluding hydrogens is 346 g/mol. The Labute approximate surface area is 156 Å². The van der Waals surface area contributed by atoms with E-state index in [0.717, 1.165) is 22.4 Å². The number of hydrogen-bond acceptors (Lipinski definition) is 4. The maximum absolute atomic E-state index is 13.0. The molecule has 0 radical (unpaired) electrons. The van der Waals surface area contributed by atoms with Gasteiger partial charge in [-0.15, -0.1) is 0 Å². The van der Waals surface area contributed by atoms with E-state index in [0.29, 0.717) is 26.1 Å². The smallest absolute Gasteiger partial charge is 0.303 e. The topological polar surface area (TPSA) is 93.3 Å². The molecule has 4 rings (SSSR count). The molecule has 0 bridgehead atoms. The molecule has 0 fully saturated rings. The van der Waals surface area contributed by atoms with Gasteiger partial charge in [-0.25, -0.2) is 4.98 Å². The van der Waals surface area contributed by atoms with Crippen LogP contribution in [0.15, 0.2) is 36.7 Å². The van der Waals surface area contributed by atoms with Gasteiger partial charge < -0.3 is 14.6 Å². The first-order valence-electron chi connectivity index (χ1n) is 9.00. The van der Waals surface area contributed by atoms with Crippen LogP contribution in [0.4, 0.5) is 0 Å². The third-order valence-corrected chi connectivity index (χ3v) is 5.01. The van der Waals surface area contributed by atoms with Crippen LogP contribution in [0, 0.1) is 0 Å². The fourth-order valence-electron chi connectivity index (χ4n) is 3.54. The maximum Gasteiger partial charge on any atom is 0.303 e. The zero-order valence-electron chi connectivity index (χ0n) is 15.1. The third kappa shape index (κ3) is 3.30. The summed E-state index contributed by atoms with van der Waals surface area (Å²) in [4.78, 5) is 30.0. The Hall–Kier alpha value is -3.16. The summed E-state index contributed by atoms with van der Waals surface area (Å²) in [6, 6.07) is 9.32. The standard InChI is InChI=1S/C19H21N5O3/c1-13(23-12-20-16-4-2-3-5-17(16)23)19(27)22-8-9-24-15(11-22)10-14(21-24)6-7-18(25)26/h2-5,10,12-13H,6-9,11H2,1H3,(H,25,26)/t13-/m0/s1. The number of imidazole rings is 1. The minimum absolute atomic E-state index is 0.0395. The van der Waals surface area contributed by atoms with Crippen molar-refractivity contribution in [1.29, 1.82) is 0 Å². The summed E-state index contributed by atoms with van der Waals surface area (Å²) in [5.74, 6) is -0.795. The number of carbonyl (C=O) groups excluding carboxylic acids is 1. The Morgan fingerprint density at radius 1 is 1.26 bits per heavy atom. The van der Waals surface area contributed by atoms with Crippen molar-refractivity contribution >= 4 is 22.9 Å². The number of aromatic nitrogens is 4. The number of carboxylic acids is 1. The number of aryl methyl sites for hydroxylation is 1. The van der Waals surface area contributed by atoms with Gasteiger partial charge in [0.25, 0.3) is 0 Å². The molecule has 0 spiro atoms. The van der Waals surface area contributed by atoms with Crippen LogP contribution in [0.1, 0.15) is 30.8 Å². The largest absolute Gasteiger partial charge is 0.481 e. The quantitative estimate of drug-likeness (QED) is 0.743. The molecule has 1 N–H and O–H groups in total. The number of para-hydroxylation sites is 2. The lowest BCUT2D eigenvalue weighted by molar-refractivity contribution is -0.137. The SMILES string of the molecule is C[C@@H](C(=O)N1CCn2nc(CCC(=O)O)cc2C1)n1cnc2ccccc21. The molecule has 1 aliphatic rings. The first-order chi connectivity index (χ1) is 13.0. The predicted molar refractivity (Wildman–Crippen MR) is 98.0 cm³/mol. The maximum atomic E-state index is 13.0. The summed E-state index contributed by atoms with van der Waals surface area (Å²) >= 11 is 0. The average molecular weight is 367 g/mol. The van der Waals surface area contributed by atoms with E-state index >= 15 is 0 Å². The Morgan fingerprint density at radius 3 is 2.89 bits per heavy atom. The van der Waals surface area contributed by atoms with E-state index in [1.54, 1.807) is 6.33 Å². The van der Waals surface area contributed by atoms with Gasteiger partial charge in [0, 0.05) is 13.0 Å². The number of benzene rings is 1. The van der Waals surface area contributed by atoms with E-state index in [-0.39, 0.29) is 18.4 Å². The normalized spacial score (nSPS) is 14.9. The van der Waals surface area contributed by atoms with Gasteiger partial charge in [-0.2, -0.15) is 5.10 Å². The van der Waals surface area contributed by atoms with Gasteiger partial charge in [-0.1, -0.05) is 12.1 Å². The van der Waals surface area contributed by atoms with Crippen molar-refractivity contribution in [3.8, 4) is 0 Å². The lowest BCUT2D eigenvalue weighted by Crippen LogP contribution is -2.41. The van der Waals surface area contributed by atoms with E-state index in [1.807, 2.05) is 51.4 Å². The second-order valence-electron chi connectivity index (χ2n) is 6.82. The number of hydrogen-bond donors (Lipinski definition) is 1. The number of fused-ring (bicyclic) bond motifs is 2. The van der Waals surface area contributed by atoms with Gasteiger partial charge in [0.05, 0.1) is 48.3 Å². The van der Waals surface area contributed by atoms with E-state index in [4.69, 9.17) is 5.11 Å². The molecule has 1 amide bonds. The second-order valence-corrected chi connectivity index (χ2v) is 6.82. The molecule has 140 valence electrons. The summed E-state index contributed by atoms with van der Waals surface area (Å²) < 4.78 is 3.78. The van der Waals surface area contributed by atoms with Crippen molar-refractivity contribution in [2.75, 3.05) is 6.54 Å². The molecule has 0 saturated carbocycles. The van der Waals surface area contributed by atoms with E-state index in [9.17, 15) is 9.59 Å². The monoisotopic (exact) mass is 367 g/mol. The highest BCUT2D eigenvalue weighted by atomic mass is 16.4. The number of rotatable bonds is 5. The molecule has 3 heterocycles. The third-order valence-electron chi connectivity index (χ3n) is 5.01.